The van der Waals surface area contributed by atoms with E-state index in [0.29, 0.717) is 11.0 Å². The molecule has 0 aliphatic carbocycles. The van der Waals surface area contributed by atoms with Crippen LogP contribution in [-0.4, -0.2) is 16.2 Å². The standard InChI is InChI=1S/C9H5BrFNO3/c10-5-2-8-4(1-6(5)11)7(12-15-8)3-9(13)14/h1-2H,3H2,(H,13,14). The molecule has 1 aromatic carbocycles. The first kappa shape index (κ1) is 10.1. The molecule has 0 saturated heterocycles. The van der Waals surface area contributed by atoms with Crippen LogP contribution in [0.25, 0.3) is 11.0 Å². The number of carboxylic acid groups (broad SMARTS) is 1. The summed E-state index contributed by atoms with van der Waals surface area (Å²) in [7, 11) is 0. The maximum Gasteiger partial charge on any atom is 0.309 e. The zero-order chi connectivity index (χ0) is 11.0. The van der Waals surface area contributed by atoms with E-state index in [4.69, 9.17) is 9.63 Å². The summed E-state index contributed by atoms with van der Waals surface area (Å²) in [6.45, 7) is 0. The van der Waals surface area contributed by atoms with Crippen LogP contribution in [0, 0.1) is 5.82 Å². The molecular formula is C9H5BrFNO3. The lowest BCUT2D eigenvalue weighted by molar-refractivity contribution is -0.136. The lowest BCUT2D eigenvalue weighted by Crippen LogP contribution is -2.00. The van der Waals surface area contributed by atoms with Crippen molar-refractivity contribution in [3.05, 3.63) is 28.1 Å². The first-order valence-electron chi connectivity index (χ1n) is 4.03. The van der Waals surface area contributed by atoms with E-state index < -0.39 is 11.8 Å². The number of hydrogen-bond acceptors (Lipinski definition) is 3. The van der Waals surface area contributed by atoms with Gasteiger partial charge < -0.3 is 9.63 Å². The Balaban J connectivity index is 2.59. The molecule has 0 aliphatic heterocycles. The second kappa shape index (κ2) is 3.62. The van der Waals surface area contributed by atoms with Gasteiger partial charge in [-0.1, -0.05) is 5.16 Å². The summed E-state index contributed by atoms with van der Waals surface area (Å²) < 4.78 is 18.3. The minimum Gasteiger partial charge on any atom is -0.481 e. The summed E-state index contributed by atoms with van der Waals surface area (Å²) in [4.78, 5) is 10.5. The van der Waals surface area contributed by atoms with Crippen LogP contribution in [0.5, 0.6) is 0 Å². The smallest absolute Gasteiger partial charge is 0.309 e. The topological polar surface area (TPSA) is 63.3 Å². The minimum absolute atomic E-state index is 0.226. The van der Waals surface area contributed by atoms with Gasteiger partial charge in [0.25, 0.3) is 0 Å². The van der Waals surface area contributed by atoms with E-state index in [0.717, 1.165) is 0 Å². The van der Waals surface area contributed by atoms with Crippen molar-refractivity contribution in [2.45, 2.75) is 6.42 Å². The molecular weight excluding hydrogens is 269 g/mol. The molecule has 0 saturated carbocycles. The van der Waals surface area contributed by atoms with Gasteiger partial charge in [0.1, 0.15) is 11.5 Å². The lowest BCUT2D eigenvalue weighted by atomic mass is 10.2. The molecule has 0 bridgehead atoms. The number of carboxylic acids is 1. The quantitative estimate of drug-likeness (QED) is 0.913. The van der Waals surface area contributed by atoms with Crippen LogP contribution in [0.2, 0.25) is 0 Å². The van der Waals surface area contributed by atoms with Crippen molar-refractivity contribution in [1.29, 1.82) is 0 Å². The molecule has 0 unspecified atom stereocenters. The Kier molecular flexibility index (Phi) is 2.44. The molecule has 0 amide bonds. The highest BCUT2D eigenvalue weighted by atomic mass is 79.9. The number of aromatic nitrogens is 1. The van der Waals surface area contributed by atoms with E-state index in [1.807, 2.05) is 0 Å². The Morgan fingerprint density at radius 1 is 1.60 bits per heavy atom. The first-order valence-corrected chi connectivity index (χ1v) is 4.82. The van der Waals surface area contributed by atoms with E-state index >= 15 is 0 Å². The van der Waals surface area contributed by atoms with Crippen LogP contribution in [-0.2, 0) is 11.2 Å². The molecule has 0 fully saturated rings. The van der Waals surface area contributed by atoms with Crippen LogP contribution >= 0.6 is 15.9 Å². The van der Waals surface area contributed by atoms with Crippen molar-refractivity contribution < 1.29 is 18.8 Å². The van der Waals surface area contributed by atoms with E-state index in [1.165, 1.54) is 12.1 Å². The van der Waals surface area contributed by atoms with Gasteiger partial charge in [-0.2, -0.15) is 0 Å². The average molecular weight is 274 g/mol. The van der Waals surface area contributed by atoms with E-state index in [1.54, 1.807) is 0 Å². The predicted octanol–water partition coefficient (Wildman–Crippen LogP) is 2.36. The second-order valence-electron chi connectivity index (χ2n) is 2.96. The van der Waals surface area contributed by atoms with E-state index in [9.17, 15) is 9.18 Å². The van der Waals surface area contributed by atoms with Crippen LogP contribution in [0.1, 0.15) is 5.69 Å². The highest BCUT2D eigenvalue weighted by Gasteiger charge is 2.13. The summed E-state index contributed by atoms with van der Waals surface area (Å²) in [5, 5.41) is 12.5. The van der Waals surface area contributed by atoms with Gasteiger partial charge >= 0.3 is 5.97 Å². The summed E-state index contributed by atoms with van der Waals surface area (Å²) in [5.74, 6) is -1.51. The fraction of sp³-hybridized carbons (Fsp3) is 0.111. The molecule has 0 aliphatic rings. The first-order chi connectivity index (χ1) is 7.08. The van der Waals surface area contributed by atoms with Crippen LogP contribution in [0.3, 0.4) is 0 Å². The number of halogens is 2. The molecule has 1 heterocycles. The molecule has 2 aromatic rings. The normalized spacial score (nSPS) is 10.8. The highest BCUT2D eigenvalue weighted by molar-refractivity contribution is 9.10. The molecule has 15 heavy (non-hydrogen) atoms. The van der Waals surface area contributed by atoms with Crippen molar-refractivity contribution in [2.75, 3.05) is 0 Å². The van der Waals surface area contributed by atoms with Crippen molar-refractivity contribution in [2.24, 2.45) is 0 Å². The fourth-order valence-corrected chi connectivity index (χ4v) is 1.58. The number of rotatable bonds is 2. The Bertz CT molecular complexity index is 537. The van der Waals surface area contributed by atoms with Crippen LogP contribution in [0.4, 0.5) is 4.39 Å². The number of carbonyl (C=O) groups is 1. The number of aliphatic carboxylic acids is 1. The highest BCUT2D eigenvalue weighted by Crippen LogP contribution is 2.25. The number of fused-ring (bicyclic) bond motifs is 1. The molecule has 78 valence electrons. The largest absolute Gasteiger partial charge is 0.481 e. The van der Waals surface area contributed by atoms with Gasteiger partial charge in [0.2, 0.25) is 0 Å². The molecule has 1 N–H and O–H groups in total. The van der Waals surface area contributed by atoms with E-state index in [2.05, 4.69) is 21.1 Å². The molecule has 0 spiro atoms. The van der Waals surface area contributed by atoms with Crippen molar-refractivity contribution >= 4 is 32.9 Å². The number of hydrogen-bond donors (Lipinski definition) is 1. The van der Waals surface area contributed by atoms with Gasteiger partial charge in [0, 0.05) is 11.5 Å². The zero-order valence-corrected chi connectivity index (χ0v) is 8.91. The fourth-order valence-electron chi connectivity index (χ4n) is 1.25. The summed E-state index contributed by atoms with van der Waals surface area (Å²) >= 11 is 3.00. The monoisotopic (exact) mass is 273 g/mol. The van der Waals surface area contributed by atoms with Gasteiger partial charge in [-0.05, 0) is 22.0 Å². The summed E-state index contributed by atoms with van der Waals surface area (Å²) in [6.07, 6.45) is -0.284. The molecule has 6 heteroatoms. The van der Waals surface area contributed by atoms with E-state index in [-0.39, 0.29) is 16.6 Å². The van der Waals surface area contributed by atoms with Gasteiger partial charge in [-0.3, -0.25) is 4.79 Å². The van der Waals surface area contributed by atoms with Crippen molar-refractivity contribution in [1.82, 2.24) is 5.16 Å². The Labute approximate surface area is 91.8 Å². The predicted molar refractivity (Wildman–Crippen MR) is 53.0 cm³/mol. The maximum atomic E-state index is 13.2. The maximum absolute atomic E-state index is 13.2. The molecule has 0 atom stereocenters. The Hall–Kier alpha value is -1.43. The number of nitrogens with zero attached hydrogens (tertiary/aromatic N) is 1. The third kappa shape index (κ3) is 1.85. The third-order valence-electron chi connectivity index (χ3n) is 1.91. The summed E-state index contributed by atoms with van der Waals surface area (Å²) in [6, 6.07) is 2.62. The van der Waals surface area contributed by atoms with Gasteiger partial charge in [0.15, 0.2) is 5.58 Å². The molecule has 1 aromatic heterocycles. The number of benzene rings is 1. The Morgan fingerprint density at radius 3 is 3.00 bits per heavy atom. The van der Waals surface area contributed by atoms with Crippen molar-refractivity contribution in [3.63, 3.8) is 0 Å². The Morgan fingerprint density at radius 2 is 2.33 bits per heavy atom. The van der Waals surface area contributed by atoms with Gasteiger partial charge in [0.05, 0.1) is 10.9 Å². The molecule has 2 rings (SSSR count). The average Bonchev–Trinajstić information content (AvgIpc) is 2.49. The third-order valence-corrected chi connectivity index (χ3v) is 2.51. The minimum atomic E-state index is -1.03. The van der Waals surface area contributed by atoms with Gasteiger partial charge in [-0.25, -0.2) is 4.39 Å². The molecule has 4 nitrogen and oxygen atoms in total. The lowest BCUT2D eigenvalue weighted by Gasteiger charge is -1.94. The van der Waals surface area contributed by atoms with Crippen LogP contribution < -0.4 is 0 Å². The molecule has 0 radical (unpaired) electrons. The summed E-state index contributed by atoms with van der Waals surface area (Å²) in [5.41, 5.74) is 0.587. The second-order valence-corrected chi connectivity index (χ2v) is 3.82. The van der Waals surface area contributed by atoms with Crippen LogP contribution in [0.15, 0.2) is 21.1 Å². The zero-order valence-electron chi connectivity index (χ0n) is 7.33. The SMILES string of the molecule is O=C(O)Cc1noc2cc(Br)c(F)cc12. The van der Waals surface area contributed by atoms with Crippen molar-refractivity contribution in [3.8, 4) is 0 Å². The van der Waals surface area contributed by atoms with Gasteiger partial charge in [-0.15, -0.1) is 0 Å².